The summed E-state index contributed by atoms with van der Waals surface area (Å²) in [6, 6.07) is -3.79. The highest BCUT2D eigenvalue weighted by atomic mass is 32.3. The third-order valence-corrected chi connectivity index (χ3v) is 3.15. The summed E-state index contributed by atoms with van der Waals surface area (Å²) in [6.07, 6.45) is 0. The molecule has 0 aromatic carbocycles. The Morgan fingerprint density at radius 3 is 1.33 bits per heavy atom. The maximum Gasteiger partial charge on any atom is 0.254 e. The maximum atomic E-state index is 11.4. The average molecular weight is 226 g/mol. The SMILES string of the molecule is N.O=S(=O)(CF)NS(=O)(=O)CF. The Labute approximate surface area is 68.6 Å². The Balaban J connectivity index is 0. The van der Waals surface area contributed by atoms with Crippen molar-refractivity contribution in [1.29, 1.82) is 0 Å². The van der Waals surface area contributed by atoms with Crippen molar-refractivity contribution in [2.75, 3.05) is 12.0 Å². The second-order valence-electron chi connectivity index (χ2n) is 1.53. The summed E-state index contributed by atoms with van der Waals surface area (Å²) in [7, 11) is -9.07. The van der Waals surface area contributed by atoms with E-state index in [0.29, 0.717) is 0 Å². The molecule has 6 nitrogen and oxygen atoms in total. The van der Waals surface area contributed by atoms with Crippen molar-refractivity contribution < 1.29 is 25.6 Å². The van der Waals surface area contributed by atoms with Gasteiger partial charge in [0.05, 0.1) is 0 Å². The number of rotatable bonds is 4. The monoisotopic (exact) mass is 226 g/mol. The van der Waals surface area contributed by atoms with Crippen LogP contribution in [0.15, 0.2) is 0 Å². The van der Waals surface area contributed by atoms with E-state index in [1.807, 2.05) is 0 Å². The van der Waals surface area contributed by atoms with Gasteiger partial charge >= 0.3 is 0 Å². The number of alkyl halides is 2. The lowest BCUT2D eigenvalue weighted by atomic mass is 11.8. The van der Waals surface area contributed by atoms with Crippen molar-refractivity contribution in [3.63, 3.8) is 0 Å². The van der Waals surface area contributed by atoms with Gasteiger partial charge in [0.15, 0.2) is 0 Å². The van der Waals surface area contributed by atoms with Gasteiger partial charge in [-0.1, -0.05) is 0 Å². The van der Waals surface area contributed by atoms with Gasteiger partial charge in [0, 0.05) is 0 Å². The molecule has 0 saturated heterocycles. The van der Waals surface area contributed by atoms with Crippen molar-refractivity contribution in [1.82, 2.24) is 10.3 Å². The summed E-state index contributed by atoms with van der Waals surface area (Å²) >= 11 is 0. The number of halogens is 2. The minimum absolute atomic E-state index is 0. The molecule has 0 unspecified atom stereocenters. The first-order valence-electron chi connectivity index (χ1n) is 2.19. The lowest BCUT2D eigenvalue weighted by Gasteiger charge is -1.99. The Morgan fingerprint density at radius 2 is 1.17 bits per heavy atom. The van der Waals surface area contributed by atoms with Crippen LogP contribution in [0, 0.1) is 0 Å². The molecule has 0 spiro atoms. The molecule has 0 rings (SSSR count). The first kappa shape index (κ1) is 14.2. The molecule has 0 aliphatic carbocycles. The van der Waals surface area contributed by atoms with E-state index in [2.05, 4.69) is 0 Å². The standard InChI is InChI=1S/C2H5F2NO4S2.H3N/c3-1-10(6,7)5-11(8,9)2-4;/h5H,1-2H2;1H3. The van der Waals surface area contributed by atoms with Gasteiger partial charge < -0.3 is 6.15 Å². The van der Waals surface area contributed by atoms with E-state index in [1.54, 1.807) is 0 Å². The van der Waals surface area contributed by atoms with E-state index in [9.17, 15) is 25.6 Å². The van der Waals surface area contributed by atoms with Gasteiger partial charge in [0.2, 0.25) is 12.0 Å². The van der Waals surface area contributed by atoms with E-state index in [0.717, 1.165) is 4.13 Å². The van der Waals surface area contributed by atoms with E-state index >= 15 is 0 Å². The topological polar surface area (TPSA) is 115 Å². The predicted octanol–water partition coefficient (Wildman–Crippen LogP) is -0.748. The Bertz CT molecular complexity index is 276. The quantitative estimate of drug-likeness (QED) is 0.654. The molecular formula is C2H8F2N2O4S2. The summed E-state index contributed by atoms with van der Waals surface area (Å²) in [4.78, 5) is 0. The van der Waals surface area contributed by atoms with Gasteiger partial charge in [0.1, 0.15) is 0 Å². The zero-order valence-corrected chi connectivity index (χ0v) is 7.46. The van der Waals surface area contributed by atoms with Crippen molar-refractivity contribution in [2.24, 2.45) is 0 Å². The van der Waals surface area contributed by atoms with Gasteiger partial charge in [-0.15, -0.1) is 4.13 Å². The van der Waals surface area contributed by atoms with Crippen LogP contribution in [0.5, 0.6) is 0 Å². The van der Waals surface area contributed by atoms with Crippen molar-refractivity contribution >= 4 is 20.0 Å². The molecule has 0 aromatic rings. The largest absolute Gasteiger partial charge is 0.344 e. The smallest absolute Gasteiger partial charge is 0.254 e. The van der Waals surface area contributed by atoms with Crippen molar-refractivity contribution in [2.45, 2.75) is 0 Å². The summed E-state index contributed by atoms with van der Waals surface area (Å²) in [5, 5.41) is 0. The summed E-state index contributed by atoms with van der Waals surface area (Å²) in [6.45, 7) is 0. The average Bonchev–Trinajstić information content (AvgIpc) is 1.86. The van der Waals surface area contributed by atoms with Crippen molar-refractivity contribution in [3.8, 4) is 0 Å². The van der Waals surface area contributed by atoms with Gasteiger partial charge in [-0.3, -0.25) is 0 Å². The number of hydrogen-bond donors (Lipinski definition) is 2. The fourth-order valence-electron chi connectivity index (χ4n) is 0.238. The van der Waals surface area contributed by atoms with Crippen LogP contribution in [-0.2, 0) is 20.0 Å². The van der Waals surface area contributed by atoms with E-state index < -0.39 is 32.1 Å². The minimum atomic E-state index is -4.53. The summed E-state index contributed by atoms with van der Waals surface area (Å²) < 4.78 is 64.2. The van der Waals surface area contributed by atoms with E-state index in [4.69, 9.17) is 0 Å². The van der Waals surface area contributed by atoms with Gasteiger partial charge in [-0.25, -0.2) is 25.6 Å². The third-order valence-electron chi connectivity index (χ3n) is 0.541. The van der Waals surface area contributed by atoms with Crippen LogP contribution in [0.25, 0.3) is 0 Å². The Hall–Kier alpha value is -0.320. The van der Waals surface area contributed by atoms with Crippen LogP contribution >= 0.6 is 0 Å². The molecule has 12 heavy (non-hydrogen) atoms. The summed E-state index contributed by atoms with van der Waals surface area (Å²) in [5.74, 6) is 0. The van der Waals surface area contributed by atoms with E-state index in [1.165, 1.54) is 0 Å². The molecule has 0 aliphatic rings. The highest BCUT2D eigenvalue weighted by molar-refractivity contribution is 8.04. The molecule has 10 heteroatoms. The van der Waals surface area contributed by atoms with Crippen molar-refractivity contribution in [3.05, 3.63) is 0 Å². The lowest BCUT2D eigenvalue weighted by Crippen LogP contribution is -2.32. The molecule has 0 aliphatic heterocycles. The molecule has 0 heterocycles. The molecule has 0 aromatic heterocycles. The van der Waals surface area contributed by atoms with Gasteiger partial charge in [0.25, 0.3) is 20.0 Å². The molecule has 0 radical (unpaired) electrons. The summed E-state index contributed by atoms with van der Waals surface area (Å²) in [5.41, 5.74) is 0. The normalized spacial score (nSPS) is 12.2. The fourth-order valence-corrected chi connectivity index (χ4v) is 2.14. The zero-order chi connectivity index (χ0) is 9.12. The van der Waals surface area contributed by atoms with Gasteiger partial charge in [-0.2, -0.15) is 0 Å². The molecule has 76 valence electrons. The highest BCUT2D eigenvalue weighted by Gasteiger charge is 2.19. The molecule has 0 amide bonds. The van der Waals surface area contributed by atoms with Crippen LogP contribution in [0.2, 0.25) is 0 Å². The number of hydrogen-bond acceptors (Lipinski definition) is 5. The molecule has 0 atom stereocenters. The van der Waals surface area contributed by atoms with E-state index in [-0.39, 0.29) is 6.15 Å². The van der Waals surface area contributed by atoms with Gasteiger partial charge in [-0.05, 0) is 0 Å². The van der Waals surface area contributed by atoms with Crippen LogP contribution in [-0.4, -0.2) is 28.8 Å². The molecule has 4 N–H and O–H groups in total. The first-order chi connectivity index (χ1) is 4.83. The molecule has 0 bridgehead atoms. The molecule has 0 fully saturated rings. The second kappa shape index (κ2) is 4.64. The lowest BCUT2D eigenvalue weighted by molar-refractivity contribution is 0.517. The Morgan fingerprint density at radius 1 is 0.917 bits per heavy atom. The van der Waals surface area contributed by atoms with Crippen LogP contribution in [0.1, 0.15) is 0 Å². The zero-order valence-electron chi connectivity index (χ0n) is 5.83. The first-order valence-corrected chi connectivity index (χ1v) is 5.49. The van der Waals surface area contributed by atoms with Crippen LogP contribution in [0.3, 0.4) is 0 Å². The fraction of sp³-hybridized carbons (Fsp3) is 1.00. The second-order valence-corrected chi connectivity index (χ2v) is 5.09. The predicted molar refractivity (Wildman–Crippen MR) is 37.9 cm³/mol. The highest BCUT2D eigenvalue weighted by Crippen LogP contribution is 1.91. The number of nitrogens with one attached hydrogen (secondary N) is 1. The van der Waals surface area contributed by atoms with Crippen LogP contribution in [0.4, 0.5) is 8.78 Å². The van der Waals surface area contributed by atoms with Crippen LogP contribution < -0.4 is 10.3 Å². The third kappa shape index (κ3) is 5.35. The molecule has 0 saturated carbocycles. The number of sulfonamides is 2. The maximum absolute atomic E-state index is 11.4. The molecular weight excluding hydrogens is 218 g/mol. The Kier molecular flexibility index (Phi) is 5.50. The minimum Gasteiger partial charge on any atom is -0.344 e.